The maximum atomic E-state index is 6.36. The molecule has 0 N–H and O–H groups in total. The van der Waals surface area contributed by atoms with Crippen LogP contribution in [-0.4, -0.2) is 16.7 Å². The Labute approximate surface area is 131 Å². The zero-order valence-corrected chi connectivity index (χ0v) is 13.6. The van der Waals surface area contributed by atoms with Crippen LogP contribution in [0.4, 0.5) is 0 Å². The number of hydrogen-bond donors (Lipinski definition) is 0. The summed E-state index contributed by atoms with van der Waals surface area (Å²) in [6.07, 6.45) is 6.75. The van der Waals surface area contributed by atoms with Gasteiger partial charge < -0.3 is 9.30 Å². The van der Waals surface area contributed by atoms with Gasteiger partial charge >= 0.3 is 0 Å². The summed E-state index contributed by atoms with van der Waals surface area (Å²) in [5.74, 6) is 2.58. The van der Waals surface area contributed by atoms with E-state index in [1.807, 2.05) is 19.1 Å². The standard InChI is InChI=1S/C17H23ClN2O/c1-12(18)17-19-15-10-14(21-2)8-9-16(15)20(17)11-13-6-4-3-5-7-13/h8-10,12-13H,3-7,11H2,1-2H3. The fraction of sp³-hybridized carbons (Fsp3) is 0.588. The Morgan fingerprint density at radius 2 is 2.10 bits per heavy atom. The summed E-state index contributed by atoms with van der Waals surface area (Å²) in [6, 6.07) is 6.10. The van der Waals surface area contributed by atoms with E-state index < -0.39 is 0 Å². The predicted octanol–water partition coefficient (Wildman–Crippen LogP) is 4.93. The first-order valence-corrected chi connectivity index (χ1v) is 8.31. The van der Waals surface area contributed by atoms with Crippen molar-refractivity contribution in [1.29, 1.82) is 0 Å². The molecule has 1 unspecified atom stereocenters. The molecule has 0 aliphatic heterocycles. The maximum Gasteiger partial charge on any atom is 0.127 e. The lowest BCUT2D eigenvalue weighted by Gasteiger charge is -2.23. The first-order valence-electron chi connectivity index (χ1n) is 7.87. The smallest absolute Gasteiger partial charge is 0.127 e. The van der Waals surface area contributed by atoms with E-state index in [-0.39, 0.29) is 5.38 Å². The Bertz CT molecular complexity index is 615. The summed E-state index contributed by atoms with van der Waals surface area (Å²) >= 11 is 6.36. The fourth-order valence-electron chi connectivity index (χ4n) is 3.38. The normalized spacial score (nSPS) is 18.0. The van der Waals surface area contributed by atoms with E-state index in [0.717, 1.165) is 29.6 Å². The second kappa shape index (κ2) is 6.27. The van der Waals surface area contributed by atoms with Crippen LogP contribution in [0.3, 0.4) is 0 Å². The van der Waals surface area contributed by atoms with Crippen molar-refractivity contribution >= 4 is 22.6 Å². The van der Waals surface area contributed by atoms with Crippen molar-refractivity contribution in [3.63, 3.8) is 0 Å². The van der Waals surface area contributed by atoms with Crippen LogP contribution in [0.15, 0.2) is 18.2 Å². The van der Waals surface area contributed by atoms with Crippen LogP contribution in [0.1, 0.15) is 50.2 Å². The number of hydrogen-bond acceptors (Lipinski definition) is 2. The number of halogens is 1. The van der Waals surface area contributed by atoms with Crippen molar-refractivity contribution in [3.05, 3.63) is 24.0 Å². The van der Waals surface area contributed by atoms with Crippen LogP contribution in [0.25, 0.3) is 11.0 Å². The number of fused-ring (bicyclic) bond motifs is 1. The number of alkyl halides is 1. The second-order valence-electron chi connectivity index (χ2n) is 6.06. The molecule has 1 aromatic heterocycles. The van der Waals surface area contributed by atoms with Crippen LogP contribution in [0.2, 0.25) is 0 Å². The van der Waals surface area contributed by atoms with Crippen molar-refractivity contribution in [3.8, 4) is 5.75 Å². The monoisotopic (exact) mass is 306 g/mol. The van der Waals surface area contributed by atoms with Crippen molar-refractivity contribution in [2.24, 2.45) is 5.92 Å². The third-order valence-electron chi connectivity index (χ3n) is 4.51. The molecular formula is C17H23ClN2O. The molecule has 0 bridgehead atoms. The Hall–Kier alpha value is -1.22. The van der Waals surface area contributed by atoms with Gasteiger partial charge in [0.15, 0.2) is 0 Å². The Morgan fingerprint density at radius 3 is 2.76 bits per heavy atom. The number of rotatable bonds is 4. The van der Waals surface area contributed by atoms with E-state index in [1.54, 1.807) is 7.11 Å². The van der Waals surface area contributed by atoms with Crippen molar-refractivity contribution in [2.75, 3.05) is 7.11 Å². The molecule has 0 saturated heterocycles. The number of aromatic nitrogens is 2. The van der Waals surface area contributed by atoms with Crippen LogP contribution in [0, 0.1) is 5.92 Å². The van der Waals surface area contributed by atoms with Gasteiger partial charge in [-0.3, -0.25) is 0 Å². The summed E-state index contributed by atoms with van der Waals surface area (Å²) < 4.78 is 7.62. The lowest BCUT2D eigenvalue weighted by molar-refractivity contribution is 0.319. The number of benzene rings is 1. The average molecular weight is 307 g/mol. The van der Waals surface area contributed by atoms with E-state index in [2.05, 4.69) is 10.6 Å². The predicted molar refractivity (Wildman–Crippen MR) is 87.1 cm³/mol. The molecule has 0 amide bonds. The Morgan fingerprint density at radius 1 is 1.33 bits per heavy atom. The van der Waals surface area contributed by atoms with Gasteiger partial charge in [0, 0.05) is 12.6 Å². The molecule has 4 heteroatoms. The molecule has 3 nitrogen and oxygen atoms in total. The summed E-state index contributed by atoms with van der Waals surface area (Å²) in [4.78, 5) is 4.74. The average Bonchev–Trinajstić information content (AvgIpc) is 2.86. The van der Waals surface area contributed by atoms with Crippen LogP contribution >= 0.6 is 11.6 Å². The van der Waals surface area contributed by atoms with Gasteiger partial charge in [0.2, 0.25) is 0 Å². The maximum absolute atomic E-state index is 6.36. The third-order valence-corrected chi connectivity index (χ3v) is 4.70. The molecule has 114 valence electrons. The highest BCUT2D eigenvalue weighted by Gasteiger charge is 2.20. The molecule has 1 aromatic carbocycles. The van der Waals surface area contributed by atoms with Gasteiger partial charge in [0.05, 0.1) is 23.5 Å². The van der Waals surface area contributed by atoms with Crippen molar-refractivity contribution in [2.45, 2.75) is 50.9 Å². The second-order valence-corrected chi connectivity index (χ2v) is 6.71. The first-order chi connectivity index (χ1) is 10.2. The van der Waals surface area contributed by atoms with E-state index in [0.29, 0.717) is 0 Å². The van der Waals surface area contributed by atoms with Crippen molar-refractivity contribution < 1.29 is 4.74 Å². The number of methoxy groups -OCH3 is 1. The fourth-order valence-corrected chi connectivity index (χ4v) is 3.55. The molecule has 1 atom stereocenters. The van der Waals surface area contributed by atoms with E-state index in [4.69, 9.17) is 21.3 Å². The van der Waals surface area contributed by atoms with E-state index in [1.165, 1.54) is 37.6 Å². The summed E-state index contributed by atoms with van der Waals surface area (Å²) in [6.45, 7) is 3.03. The summed E-state index contributed by atoms with van der Waals surface area (Å²) in [5.41, 5.74) is 2.15. The van der Waals surface area contributed by atoms with Crippen LogP contribution < -0.4 is 4.74 Å². The van der Waals surface area contributed by atoms with Gasteiger partial charge in [0.1, 0.15) is 11.6 Å². The van der Waals surface area contributed by atoms with Gasteiger partial charge in [-0.25, -0.2) is 4.98 Å². The summed E-state index contributed by atoms with van der Waals surface area (Å²) in [5, 5.41) is -0.0769. The lowest BCUT2D eigenvalue weighted by Crippen LogP contribution is -2.16. The molecule has 1 aliphatic rings. The van der Waals surface area contributed by atoms with Gasteiger partial charge in [-0.2, -0.15) is 0 Å². The zero-order chi connectivity index (χ0) is 14.8. The summed E-state index contributed by atoms with van der Waals surface area (Å²) in [7, 11) is 1.69. The Kier molecular flexibility index (Phi) is 4.39. The highest BCUT2D eigenvalue weighted by atomic mass is 35.5. The molecular weight excluding hydrogens is 284 g/mol. The zero-order valence-electron chi connectivity index (χ0n) is 12.8. The molecule has 21 heavy (non-hydrogen) atoms. The highest BCUT2D eigenvalue weighted by Crippen LogP contribution is 2.31. The minimum Gasteiger partial charge on any atom is -0.497 e. The molecule has 1 aliphatic carbocycles. The molecule has 1 saturated carbocycles. The van der Waals surface area contributed by atoms with Gasteiger partial charge in [-0.15, -0.1) is 11.6 Å². The van der Waals surface area contributed by atoms with Gasteiger partial charge in [-0.05, 0) is 37.8 Å². The highest BCUT2D eigenvalue weighted by molar-refractivity contribution is 6.20. The largest absolute Gasteiger partial charge is 0.497 e. The molecule has 1 heterocycles. The minimum atomic E-state index is -0.0769. The third kappa shape index (κ3) is 3.03. The van der Waals surface area contributed by atoms with Crippen LogP contribution in [-0.2, 0) is 6.54 Å². The number of nitrogens with zero attached hydrogens (tertiary/aromatic N) is 2. The Balaban J connectivity index is 1.99. The van der Waals surface area contributed by atoms with Gasteiger partial charge in [-0.1, -0.05) is 19.3 Å². The minimum absolute atomic E-state index is 0.0769. The van der Waals surface area contributed by atoms with Crippen molar-refractivity contribution in [1.82, 2.24) is 9.55 Å². The molecule has 1 fully saturated rings. The quantitative estimate of drug-likeness (QED) is 0.749. The number of ether oxygens (including phenoxy) is 1. The molecule has 0 radical (unpaired) electrons. The molecule has 2 aromatic rings. The van der Waals surface area contributed by atoms with E-state index in [9.17, 15) is 0 Å². The topological polar surface area (TPSA) is 27.1 Å². The van der Waals surface area contributed by atoms with Gasteiger partial charge in [0.25, 0.3) is 0 Å². The van der Waals surface area contributed by atoms with E-state index >= 15 is 0 Å². The lowest BCUT2D eigenvalue weighted by atomic mass is 9.89. The SMILES string of the molecule is COc1ccc2c(c1)nc(C(C)Cl)n2CC1CCCCC1. The van der Waals surface area contributed by atoms with Crippen LogP contribution in [0.5, 0.6) is 5.75 Å². The number of imidazole rings is 1. The first kappa shape index (κ1) is 14.7. The molecule has 3 rings (SSSR count). The molecule has 0 spiro atoms.